The van der Waals surface area contributed by atoms with Crippen molar-refractivity contribution in [2.24, 2.45) is 0 Å². The van der Waals surface area contributed by atoms with Crippen molar-refractivity contribution in [3.63, 3.8) is 0 Å². The lowest BCUT2D eigenvalue weighted by molar-refractivity contribution is -0.171. The van der Waals surface area contributed by atoms with Crippen LogP contribution in [0.1, 0.15) is 333 Å². The van der Waals surface area contributed by atoms with Gasteiger partial charge in [0.1, 0.15) is 12.7 Å². The van der Waals surface area contributed by atoms with E-state index in [0.29, 0.717) is 40.0 Å². The maximum atomic E-state index is 13.2. The van der Waals surface area contributed by atoms with Crippen LogP contribution in [0.15, 0.2) is 0 Å². The maximum absolute atomic E-state index is 13.2. The molecule has 0 spiro atoms. The van der Waals surface area contributed by atoms with Gasteiger partial charge in [-0.25, -0.2) is 4.79 Å². The Morgan fingerprint density at radius 2 is 0.681 bits per heavy atom. The summed E-state index contributed by atoms with van der Waals surface area (Å²) in [5.74, 6) is -2.44. The number of hydrogen-bond donors (Lipinski definition) is 1. The Morgan fingerprint density at radius 3 is 0.986 bits per heavy atom. The van der Waals surface area contributed by atoms with Crippen molar-refractivity contribution in [2.75, 3.05) is 6.61 Å². The topological polar surface area (TPSA) is 125 Å². The number of hydrogen-bond acceptors (Lipinski definition) is 9. The van der Waals surface area contributed by atoms with Crippen LogP contribution in [0.25, 0.3) is 0 Å². The molecule has 0 aromatic heterocycles. The van der Waals surface area contributed by atoms with Gasteiger partial charge in [0.25, 0.3) is 0 Å². The van der Waals surface area contributed by atoms with E-state index < -0.39 is 54.9 Å². The second-order valence-corrected chi connectivity index (χ2v) is 20.7. The van der Waals surface area contributed by atoms with Crippen molar-refractivity contribution >= 4 is 23.9 Å². The Bertz CT molecular complexity index is 1240. The molecule has 9 heteroatoms. The number of carbonyl (C=O) groups is 4. The van der Waals surface area contributed by atoms with Gasteiger partial charge in [-0.3, -0.25) is 14.4 Å². The summed E-state index contributed by atoms with van der Waals surface area (Å²) >= 11 is 0. The van der Waals surface area contributed by atoms with Crippen molar-refractivity contribution in [3.8, 4) is 0 Å². The number of aliphatic hydroxyl groups excluding tert-OH is 1. The first kappa shape index (κ1) is 59.4. The van der Waals surface area contributed by atoms with Gasteiger partial charge in [-0.1, -0.05) is 290 Å². The van der Waals surface area contributed by atoms with E-state index >= 15 is 0 Å². The second-order valence-electron chi connectivity index (χ2n) is 20.7. The Hall–Kier alpha value is -2.16. The van der Waals surface area contributed by atoms with Crippen LogP contribution in [0.3, 0.4) is 0 Å². The third kappa shape index (κ3) is 40.1. The lowest BCUT2D eigenvalue weighted by Crippen LogP contribution is -2.45. The van der Waals surface area contributed by atoms with Gasteiger partial charge in [0.2, 0.25) is 6.10 Å². The van der Waals surface area contributed by atoms with Gasteiger partial charge < -0.3 is 24.1 Å². The highest BCUT2D eigenvalue weighted by Gasteiger charge is 2.53. The molecule has 0 amide bonds. The van der Waals surface area contributed by atoms with Gasteiger partial charge in [0, 0.05) is 23.4 Å². The number of rotatable bonds is 53. The van der Waals surface area contributed by atoms with E-state index in [2.05, 4.69) is 0 Å². The normalized spacial score (nSPS) is 16.7. The summed E-state index contributed by atoms with van der Waals surface area (Å²) in [5, 5.41) is 11.1. The van der Waals surface area contributed by atoms with Crippen LogP contribution in [0, 0.1) is 0 Å². The zero-order chi connectivity index (χ0) is 52.2. The third-order valence-electron chi connectivity index (χ3n) is 14.1. The molecule has 1 aliphatic rings. The van der Waals surface area contributed by atoms with E-state index in [1.54, 1.807) is 0 Å². The minimum absolute atomic E-state index is 0.127. The van der Waals surface area contributed by atoms with E-state index in [1.807, 2.05) is 0 Å². The van der Waals surface area contributed by atoms with Crippen molar-refractivity contribution in [1.29, 1.82) is 0 Å². The van der Waals surface area contributed by atoms with Gasteiger partial charge in [-0.05, 0) is 19.3 Å². The van der Waals surface area contributed by atoms with Crippen LogP contribution in [-0.2, 0) is 38.1 Å². The van der Waals surface area contributed by atoms with Crippen molar-refractivity contribution in [2.45, 2.75) is 353 Å². The Kier molecular flexibility index (Phi) is 42.5. The van der Waals surface area contributed by atoms with Crippen LogP contribution in [-0.4, -0.2) is 60.0 Å². The molecular weight excluding hydrogens is 865 g/mol. The fourth-order valence-corrected chi connectivity index (χ4v) is 9.58. The molecule has 1 N–H and O–H groups in total. The molecule has 69 heavy (non-hydrogen) atoms. The van der Waals surface area contributed by atoms with Crippen LogP contribution in [0.2, 0.25) is 0 Å². The summed E-state index contributed by atoms with van der Waals surface area (Å²) in [6.45, 7) is 1.23. The highest BCUT2D eigenvalue weighted by molar-refractivity contribution is 5.83. The molecule has 0 unspecified atom stereocenters. The molecular formula is C60H112O9. The molecule has 0 aromatic carbocycles. The van der Waals surface area contributed by atoms with Crippen molar-refractivity contribution in [3.05, 3.63) is 0 Å². The first-order valence-electron chi connectivity index (χ1n) is 31.8. The minimum Gasteiger partial charge on any atom is -0.463 e. The number of carbonyl (C=O) groups excluding carboxylic acids is 4. The number of aliphatic hydroxyl groups is 1. The molecule has 0 saturated carbocycles. The zero-order valence-corrected chi connectivity index (χ0v) is 44.8. The average Bonchev–Trinajstić information content (AvgIpc) is 3.67. The SMILES string of the molecule is [2H]CCCCCCCCCCCCCCCCCC(=O)OC[C@@H](O)[C@H]1OC(=O)[C@H](OC(=O)CCCCCCCCCCCCCCCCC[2H])[C@H]1OC(=O)CCCCCCCCCCCCCCCCC[2H]. The lowest BCUT2D eigenvalue weighted by atomic mass is 10.0. The molecule has 1 rings (SSSR count). The smallest absolute Gasteiger partial charge is 0.352 e. The molecule has 1 saturated heterocycles. The third-order valence-corrected chi connectivity index (χ3v) is 14.1. The van der Waals surface area contributed by atoms with E-state index in [9.17, 15) is 24.3 Å². The quantitative estimate of drug-likeness (QED) is 0.0360. The molecule has 1 heterocycles. The summed E-state index contributed by atoms with van der Waals surface area (Å²) < 4.78 is 44.0. The summed E-state index contributed by atoms with van der Waals surface area (Å²) in [6.07, 6.45) is 47.1. The second kappa shape index (κ2) is 49.4. The number of unbranched alkanes of at least 4 members (excludes halogenated alkanes) is 42. The molecule has 406 valence electrons. The molecule has 0 bridgehead atoms. The van der Waals surface area contributed by atoms with E-state index in [0.717, 1.165) is 77.0 Å². The first-order valence-corrected chi connectivity index (χ1v) is 29.6. The largest absolute Gasteiger partial charge is 0.463 e. The van der Waals surface area contributed by atoms with Gasteiger partial charge in [-0.15, -0.1) is 0 Å². The Labute approximate surface area is 429 Å². The average molecular weight is 981 g/mol. The Morgan fingerprint density at radius 1 is 0.420 bits per heavy atom. The number of esters is 4. The summed E-state index contributed by atoms with van der Waals surface area (Å²) in [4.78, 5) is 52.0. The molecule has 1 aliphatic heterocycles. The van der Waals surface area contributed by atoms with Crippen LogP contribution < -0.4 is 0 Å². The molecule has 0 aromatic rings. The lowest BCUT2D eigenvalue weighted by Gasteiger charge is -2.24. The standard InChI is InChI=1S/C60H112O9/c1-4-7-10-13-16-19-22-25-28-31-34-37-40-43-46-49-54(62)66-52-53(61)57-58(67-55(63)50-47-44-41-38-35-32-29-26-23-20-17-14-11-8-5-2)59(60(65)69-57)68-56(64)51-48-45-42-39-36-33-30-27-24-21-18-15-12-9-6-3/h53,57-59,61H,4-52H2,1-3H3/t53-,57-,58+,59-/m1/s1/i1D,2D,3D. The van der Waals surface area contributed by atoms with Crippen LogP contribution in [0.4, 0.5) is 0 Å². The summed E-state index contributed by atoms with van der Waals surface area (Å²) in [6, 6.07) is 0. The predicted octanol–water partition coefficient (Wildman–Crippen LogP) is 17.4. The van der Waals surface area contributed by atoms with E-state index in [1.165, 1.54) is 193 Å². The zero-order valence-electron chi connectivity index (χ0n) is 47.8. The first-order chi connectivity index (χ1) is 35.3. The van der Waals surface area contributed by atoms with Crippen molar-refractivity contribution < 1.29 is 47.3 Å². The van der Waals surface area contributed by atoms with E-state index in [4.69, 9.17) is 23.1 Å². The highest BCUT2D eigenvalue weighted by atomic mass is 16.7. The number of ether oxygens (including phenoxy) is 4. The monoisotopic (exact) mass is 980 g/mol. The van der Waals surface area contributed by atoms with Gasteiger partial charge in [-0.2, -0.15) is 0 Å². The maximum Gasteiger partial charge on any atom is 0.352 e. The van der Waals surface area contributed by atoms with Crippen LogP contribution in [0.5, 0.6) is 0 Å². The van der Waals surface area contributed by atoms with E-state index in [-0.39, 0.29) is 19.3 Å². The van der Waals surface area contributed by atoms with Crippen molar-refractivity contribution in [1.82, 2.24) is 0 Å². The molecule has 0 radical (unpaired) electrons. The summed E-state index contributed by atoms with van der Waals surface area (Å²) in [7, 11) is 0. The fourth-order valence-electron chi connectivity index (χ4n) is 9.58. The van der Waals surface area contributed by atoms with Crippen LogP contribution >= 0.6 is 0 Å². The molecule has 9 nitrogen and oxygen atoms in total. The van der Waals surface area contributed by atoms with Gasteiger partial charge in [0.15, 0.2) is 12.2 Å². The minimum atomic E-state index is -1.50. The van der Waals surface area contributed by atoms with Gasteiger partial charge >= 0.3 is 23.9 Å². The fraction of sp³-hybridized carbons (Fsp3) is 0.933. The van der Waals surface area contributed by atoms with Gasteiger partial charge in [0.05, 0.1) is 0 Å². The molecule has 1 fully saturated rings. The predicted molar refractivity (Wildman–Crippen MR) is 285 cm³/mol. The number of cyclic esters (lactones) is 1. The Balaban J connectivity index is 2.44. The molecule has 0 aliphatic carbocycles. The highest BCUT2D eigenvalue weighted by Crippen LogP contribution is 2.27. The molecule has 4 atom stereocenters. The summed E-state index contributed by atoms with van der Waals surface area (Å²) in [5.41, 5.74) is 0.